The zero-order chi connectivity index (χ0) is 14.9. The molecule has 0 unspecified atom stereocenters. The molecule has 0 atom stereocenters. The highest BCUT2D eigenvalue weighted by atomic mass is 35.5. The van der Waals surface area contributed by atoms with Gasteiger partial charge in [0.2, 0.25) is 10.0 Å². The molecule has 110 valence electrons. The van der Waals surface area contributed by atoms with Crippen LogP contribution in [0.25, 0.3) is 10.1 Å². The summed E-state index contributed by atoms with van der Waals surface area (Å²) in [6, 6.07) is 7.54. The van der Waals surface area contributed by atoms with Crippen molar-refractivity contribution in [1.29, 1.82) is 0 Å². The fourth-order valence-electron chi connectivity index (χ4n) is 2.21. The maximum absolute atomic E-state index is 12.8. The molecular formula is C14H18ClNO2S2. The van der Waals surface area contributed by atoms with Crippen LogP contribution in [0.4, 0.5) is 0 Å². The summed E-state index contributed by atoms with van der Waals surface area (Å²) in [5.41, 5.74) is 0. The molecule has 0 spiro atoms. The Kier molecular flexibility index (Phi) is 4.74. The van der Waals surface area contributed by atoms with E-state index < -0.39 is 10.0 Å². The average Bonchev–Trinajstić information content (AvgIpc) is 2.76. The molecule has 0 saturated carbocycles. The number of nitrogens with zero attached hydrogens (tertiary/aromatic N) is 1. The van der Waals surface area contributed by atoms with Crippen LogP contribution in [-0.2, 0) is 15.9 Å². The summed E-state index contributed by atoms with van der Waals surface area (Å²) in [5.74, 6) is 0.489. The van der Waals surface area contributed by atoms with Crippen LogP contribution in [0.15, 0.2) is 29.2 Å². The minimum atomic E-state index is -3.50. The van der Waals surface area contributed by atoms with Crippen molar-refractivity contribution in [3.05, 3.63) is 29.1 Å². The van der Waals surface area contributed by atoms with Crippen molar-refractivity contribution in [2.45, 2.75) is 24.6 Å². The molecule has 0 aliphatic rings. The van der Waals surface area contributed by atoms with E-state index in [2.05, 4.69) is 0 Å². The lowest BCUT2D eigenvalue weighted by molar-refractivity contribution is 0.417. The van der Waals surface area contributed by atoms with Gasteiger partial charge in [0.05, 0.1) is 5.88 Å². The van der Waals surface area contributed by atoms with Gasteiger partial charge in [-0.3, -0.25) is 0 Å². The Morgan fingerprint density at radius 2 is 1.95 bits per heavy atom. The summed E-state index contributed by atoms with van der Waals surface area (Å²) in [5, 5.41) is 0.767. The number of sulfonamides is 1. The summed E-state index contributed by atoms with van der Waals surface area (Å²) in [6.07, 6.45) is 0. The highest BCUT2D eigenvalue weighted by Gasteiger charge is 2.28. The fourth-order valence-corrected chi connectivity index (χ4v) is 5.66. The standard InChI is InChI=1S/C14H18ClNO2S2/c1-10(2)9-16(3)20(17,18)14-11-6-4-5-7-12(11)19-13(14)8-15/h4-7,10H,8-9H2,1-3H3. The monoisotopic (exact) mass is 331 g/mol. The number of rotatable bonds is 5. The smallest absolute Gasteiger partial charge is 0.207 e. The van der Waals surface area contributed by atoms with Crippen LogP contribution >= 0.6 is 22.9 Å². The van der Waals surface area contributed by atoms with Gasteiger partial charge in [-0.05, 0) is 12.0 Å². The lowest BCUT2D eigenvalue weighted by atomic mass is 10.2. The second kappa shape index (κ2) is 6.02. The van der Waals surface area contributed by atoms with Crippen molar-refractivity contribution in [3.63, 3.8) is 0 Å². The van der Waals surface area contributed by atoms with E-state index in [0.29, 0.717) is 16.3 Å². The van der Waals surface area contributed by atoms with Gasteiger partial charge in [0.1, 0.15) is 4.90 Å². The molecule has 0 amide bonds. The number of benzene rings is 1. The first-order valence-corrected chi connectivity index (χ1v) is 9.19. The van der Waals surface area contributed by atoms with Gasteiger partial charge < -0.3 is 0 Å². The molecule has 0 aliphatic carbocycles. The quantitative estimate of drug-likeness (QED) is 0.779. The van der Waals surface area contributed by atoms with Crippen LogP contribution in [0.1, 0.15) is 18.7 Å². The summed E-state index contributed by atoms with van der Waals surface area (Å²) in [6.45, 7) is 4.49. The maximum atomic E-state index is 12.8. The van der Waals surface area contributed by atoms with Crippen molar-refractivity contribution >= 4 is 43.0 Å². The molecule has 2 rings (SSSR count). The molecule has 0 N–H and O–H groups in total. The van der Waals surface area contributed by atoms with Gasteiger partial charge in [0.25, 0.3) is 0 Å². The molecule has 1 aromatic heterocycles. The van der Waals surface area contributed by atoms with Crippen LogP contribution in [-0.4, -0.2) is 26.3 Å². The molecule has 6 heteroatoms. The second-order valence-electron chi connectivity index (χ2n) is 5.16. The normalized spacial score (nSPS) is 12.7. The van der Waals surface area contributed by atoms with E-state index in [4.69, 9.17) is 11.6 Å². The van der Waals surface area contributed by atoms with Crippen LogP contribution in [0, 0.1) is 5.92 Å². The van der Waals surface area contributed by atoms with E-state index in [1.807, 2.05) is 38.1 Å². The Hall–Kier alpha value is -0.620. The second-order valence-corrected chi connectivity index (χ2v) is 8.55. The molecule has 0 aliphatic heterocycles. The average molecular weight is 332 g/mol. The van der Waals surface area contributed by atoms with Gasteiger partial charge in [0, 0.05) is 28.6 Å². The van der Waals surface area contributed by atoms with Gasteiger partial charge >= 0.3 is 0 Å². The van der Waals surface area contributed by atoms with Gasteiger partial charge in [-0.25, -0.2) is 12.7 Å². The number of hydrogen-bond acceptors (Lipinski definition) is 3. The van der Waals surface area contributed by atoms with Crippen molar-refractivity contribution < 1.29 is 8.42 Å². The number of thiophene rings is 1. The Morgan fingerprint density at radius 1 is 1.30 bits per heavy atom. The molecule has 1 heterocycles. The third-order valence-electron chi connectivity index (χ3n) is 3.03. The van der Waals surface area contributed by atoms with E-state index in [1.54, 1.807) is 7.05 Å². The zero-order valence-corrected chi connectivity index (χ0v) is 14.1. The molecule has 3 nitrogen and oxygen atoms in total. The Labute approximate surface area is 129 Å². The number of halogens is 1. The largest absolute Gasteiger partial charge is 0.244 e. The van der Waals surface area contributed by atoms with Crippen LogP contribution in [0.2, 0.25) is 0 Å². The Morgan fingerprint density at radius 3 is 2.55 bits per heavy atom. The van der Waals surface area contributed by atoms with Gasteiger partial charge in [-0.15, -0.1) is 22.9 Å². The topological polar surface area (TPSA) is 37.4 Å². The van der Waals surface area contributed by atoms with Crippen molar-refractivity contribution in [1.82, 2.24) is 4.31 Å². The number of fused-ring (bicyclic) bond motifs is 1. The Balaban J connectivity index is 2.61. The van der Waals surface area contributed by atoms with E-state index in [-0.39, 0.29) is 11.8 Å². The van der Waals surface area contributed by atoms with E-state index in [1.165, 1.54) is 15.6 Å². The molecule has 0 saturated heterocycles. The molecule has 1 aromatic carbocycles. The highest BCUT2D eigenvalue weighted by molar-refractivity contribution is 7.89. The van der Waals surface area contributed by atoms with E-state index in [0.717, 1.165) is 10.1 Å². The summed E-state index contributed by atoms with van der Waals surface area (Å²) < 4.78 is 28.0. The summed E-state index contributed by atoms with van der Waals surface area (Å²) in [7, 11) is -1.88. The fraction of sp³-hybridized carbons (Fsp3) is 0.429. The molecule has 0 bridgehead atoms. The predicted octanol–water partition coefficient (Wildman–Crippen LogP) is 3.92. The predicted molar refractivity (Wildman–Crippen MR) is 86.0 cm³/mol. The third-order valence-corrected chi connectivity index (χ3v) is 6.71. The van der Waals surface area contributed by atoms with E-state index >= 15 is 0 Å². The molecule has 2 aromatic rings. The molecule has 0 radical (unpaired) electrons. The molecule has 20 heavy (non-hydrogen) atoms. The van der Waals surface area contributed by atoms with Crippen LogP contribution in [0.5, 0.6) is 0 Å². The summed E-state index contributed by atoms with van der Waals surface area (Å²) >= 11 is 7.40. The minimum absolute atomic E-state index is 0.212. The molecular weight excluding hydrogens is 314 g/mol. The van der Waals surface area contributed by atoms with Crippen LogP contribution < -0.4 is 0 Å². The number of alkyl halides is 1. The third kappa shape index (κ3) is 2.86. The van der Waals surface area contributed by atoms with Gasteiger partial charge in [0.15, 0.2) is 0 Å². The number of hydrogen-bond donors (Lipinski definition) is 0. The molecule has 0 fully saturated rings. The SMILES string of the molecule is CC(C)CN(C)S(=O)(=O)c1c(CCl)sc2ccccc12. The highest BCUT2D eigenvalue weighted by Crippen LogP contribution is 2.37. The van der Waals surface area contributed by atoms with Crippen molar-refractivity contribution in [3.8, 4) is 0 Å². The van der Waals surface area contributed by atoms with Crippen molar-refractivity contribution in [2.24, 2.45) is 5.92 Å². The lowest BCUT2D eigenvalue weighted by Gasteiger charge is -2.19. The summed E-state index contributed by atoms with van der Waals surface area (Å²) in [4.78, 5) is 1.08. The minimum Gasteiger partial charge on any atom is -0.207 e. The lowest BCUT2D eigenvalue weighted by Crippen LogP contribution is -2.30. The van der Waals surface area contributed by atoms with E-state index in [9.17, 15) is 8.42 Å². The zero-order valence-electron chi connectivity index (χ0n) is 11.8. The Bertz CT molecular complexity index is 707. The first-order chi connectivity index (χ1) is 9.37. The van der Waals surface area contributed by atoms with Gasteiger partial charge in [-0.1, -0.05) is 32.0 Å². The van der Waals surface area contributed by atoms with Crippen molar-refractivity contribution in [2.75, 3.05) is 13.6 Å². The van der Waals surface area contributed by atoms with Gasteiger partial charge in [-0.2, -0.15) is 0 Å². The van der Waals surface area contributed by atoms with Crippen LogP contribution in [0.3, 0.4) is 0 Å². The maximum Gasteiger partial charge on any atom is 0.244 e. The first-order valence-electron chi connectivity index (χ1n) is 6.40. The first kappa shape index (κ1) is 15.8.